The first kappa shape index (κ1) is 15.3. The van der Waals surface area contributed by atoms with Gasteiger partial charge < -0.3 is 20.3 Å². The summed E-state index contributed by atoms with van der Waals surface area (Å²) in [6.45, 7) is 1.69. The van der Waals surface area contributed by atoms with Crippen molar-refractivity contribution in [3.8, 4) is 5.75 Å². The van der Waals surface area contributed by atoms with Crippen molar-refractivity contribution in [2.45, 2.75) is 18.9 Å². The zero-order valence-electron chi connectivity index (χ0n) is 12.1. The number of carbonyl (C=O) groups excluding carboxylic acids is 2. The SMILES string of the molecule is N[C@H]1CCN(C(=O)CCN2C(=O)COc3cc(Br)ccc32)C1. The molecule has 6 nitrogen and oxygen atoms in total. The zero-order valence-corrected chi connectivity index (χ0v) is 13.7. The molecule has 1 aromatic carbocycles. The van der Waals surface area contributed by atoms with Gasteiger partial charge in [0.15, 0.2) is 6.61 Å². The van der Waals surface area contributed by atoms with Crippen LogP contribution >= 0.6 is 15.9 Å². The molecule has 0 radical (unpaired) electrons. The second-order valence-corrected chi connectivity index (χ2v) is 6.50. The maximum absolute atomic E-state index is 12.2. The van der Waals surface area contributed by atoms with Crippen molar-refractivity contribution >= 4 is 33.4 Å². The van der Waals surface area contributed by atoms with Crippen LogP contribution < -0.4 is 15.4 Å². The third kappa shape index (κ3) is 3.10. The molecule has 2 heterocycles. The van der Waals surface area contributed by atoms with Gasteiger partial charge in [-0.25, -0.2) is 0 Å². The highest BCUT2D eigenvalue weighted by molar-refractivity contribution is 9.10. The van der Waals surface area contributed by atoms with Gasteiger partial charge >= 0.3 is 0 Å². The third-order valence-corrected chi connectivity index (χ3v) is 4.48. The van der Waals surface area contributed by atoms with E-state index in [4.69, 9.17) is 10.5 Å². The van der Waals surface area contributed by atoms with Crippen molar-refractivity contribution in [1.82, 2.24) is 4.90 Å². The number of amides is 2. The van der Waals surface area contributed by atoms with Gasteiger partial charge in [0, 0.05) is 36.6 Å². The summed E-state index contributed by atoms with van der Waals surface area (Å²) >= 11 is 3.38. The number of nitrogens with zero attached hydrogens (tertiary/aromatic N) is 2. The highest BCUT2D eigenvalue weighted by atomic mass is 79.9. The number of carbonyl (C=O) groups is 2. The molecule has 2 N–H and O–H groups in total. The van der Waals surface area contributed by atoms with Gasteiger partial charge in [0.25, 0.3) is 5.91 Å². The minimum absolute atomic E-state index is 0.00618. The lowest BCUT2D eigenvalue weighted by molar-refractivity contribution is -0.130. The summed E-state index contributed by atoms with van der Waals surface area (Å²) < 4.78 is 6.33. The Hall–Kier alpha value is -1.60. The van der Waals surface area contributed by atoms with Crippen LogP contribution in [0.15, 0.2) is 22.7 Å². The molecule has 0 unspecified atom stereocenters. The van der Waals surface area contributed by atoms with E-state index in [1.54, 1.807) is 9.80 Å². The molecule has 0 aliphatic carbocycles. The number of fused-ring (bicyclic) bond motifs is 1. The minimum Gasteiger partial charge on any atom is -0.482 e. The van der Waals surface area contributed by atoms with Crippen LogP contribution in [0.25, 0.3) is 0 Å². The van der Waals surface area contributed by atoms with Crippen molar-refractivity contribution in [3.63, 3.8) is 0 Å². The Balaban J connectivity index is 1.67. The second kappa shape index (κ2) is 6.26. The topological polar surface area (TPSA) is 75.9 Å². The maximum atomic E-state index is 12.2. The second-order valence-electron chi connectivity index (χ2n) is 5.58. The van der Waals surface area contributed by atoms with Gasteiger partial charge in [-0.2, -0.15) is 0 Å². The molecule has 0 bridgehead atoms. The maximum Gasteiger partial charge on any atom is 0.265 e. The van der Waals surface area contributed by atoms with Gasteiger partial charge in [0.1, 0.15) is 5.75 Å². The Morgan fingerprint density at radius 3 is 3.00 bits per heavy atom. The van der Waals surface area contributed by atoms with Crippen LogP contribution in [0.3, 0.4) is 0 Å². The van der Waals surface area contributed by atoms with E-state index in [9.17, 15) is 9.59 Å². The molecule has 2 amide bonds. The fourth-order valence-electron chi connectivity index (χ4n) is 2.80. The lowest BCUT2D eigenvalue weighted by Gasteiger charge is -2.29. The lowest BCUT2D eigenvalue weighted by atomic mass is 10.2. The van der Waals surface area contributed by atoms with Crippen LogP contribution in [0.2, 0.25) is 0 Å². The molecule has 2 aliphatic rings. The van der Waals surface area contributed by atoms with Crippen molar-refractivity contribution in [1.29, 1.82) is 0 Å². The van der Waals surface area contributed by atoms with Crippen LogP contribution in [-0.4, -0.2) is 49.0 Å². The Morgan fingerprint density at radius 2 is 2.27 bits per heavy atom. The first-order valence-corrected chi connectivity index (χ1v) is 8.10. The van der Waals surface area contributed by atoms with Crippen LogP contribution in [0.5, 0.6) is 5.75 Å². The molecule has 1 fully saturated rings. The number of hydrogen-bond donors (Lipinski definition) is 1. The quantitative estimate of drug-likeness (QED) is 0.868. The molecule has 1 atom stereocenters. The van der Waals surface area contributed by atoms with Gasteiger partial charge in [0.05, 0.1) is 5.69 Å². The molecule has 2 aliphatic heterocycles. The molecule has 7 heteroatoms. The number of likely N-dealkylation sites (tertiary alicyclic amines) is 1. The van der Waals surface area contributed by atoms with E-state index in [0.717, 1.165) is 10.9 Å². The molecular weight excluding hydrogens is 350 g/mol. The Morgan fingerprint density at radius 1 is 1.45 bits per heavy atom. The third-order valence-electron chi connectivity index (χ3n) is 3.99. The highest BCUT2D eigenvalue weighted by Crippen LogP contribution is 2.34. The normalized spacial score (nSPS) is 20.8. The number of benzene rings is 1. The first-order valence-electron chi connectivity index (χ1n) is 7.30. The molecule has 0 spiro atoms. The van der Waals surface area contributed by atoms with E-state index in [0.29, 0.717) is 37.5 Å². The van der Waals surface area contributed by atoms with Gasteiger partial charge in [-0.15, -0.1) is 0 Å². The number of ether oxygens (including phenoxy) is 1. The summed E-state index contributed by atoms with van der Waals surface area (Å²) in [6.07, 6.45) is 1.15. The van der Waals surface area contributed by atoms with Gasteiger partial charge in [-0.1, -0.05) is 15.9 Å². The van der Waals surface area contributed by atoms with E-state index < -0.39 is 0 Å². The van der Waals surface area contributed by atoms with Crippen LogP contribution in [0, 0.1) is 0 Å². The number of halogens is 1. The van der Waals surface area contributed by atoms with E-state index in [2.05, 4.69) is 15.9 Å². The van der Waals surface area contributed by atoms with E-state index in [-0.39, 0.29) is 24.5 Å². The average molecular weight is 368 g/mol. The average Bonchev–Trinajstić information content (AvgIpc) is 2.93. The van der Waals surface area contributed by atoms with Crippen molar-refractivity contribution < 1.29 is 14.3 Å². The predicted molar refractivity (Wildman–Crippen MR) is 85.8 cm³/mol. The number of hydrogen-bond acceptors (Lipinski definition) is 4. The summed E-state index contributed by atoms with van der Waals surface area (Å²) in [6, 6.07) is 5.59. The summed E-state index contributed by atoms with van der Waals surface area (Å²) in [5.74, 6) is 0.580. The smallest absolute Gasteiger partial charge is 0.265 e. The molecule has 0 saturated carbocycles. The van der Waals surface area contributed by atoms with Crippen molar-refractivity contribution in [2.24, 2.45) is 5.73 Å². The molecule has 0 aromatic heterocycles. The van der Waals surface area contributed by atoms with Crippen LogP contribution in [0.4, 0.5) is 5.69 Å². The van der Waals surface area contributed by atoms with Crippen LogP contribution in [-0.2, 0) is 9.59 Å². The number of rotatable bonds is 3. The lowest BCUT2D eigenvalue weighted by Crippen LogP contribution is -2.41. The Kier molecular flexibility index (Phi) is 4.35. The van der Waals surface area contributed by atoms with Crippen molar-refractivity contribution in [2.75, 3.05) is 31.1 Å². The predicted octanol–water partition coefficient (Wildman–Crippen LogP) is 1.12. The summed E-state index contributed by atoms with van der Waals surface area (Å²) in [5, 5.41) is 0. The fourth-order valence-corrected chi connectivity index (χ4v) is 3.14. The summed E-state index contributed by atoms with van der Waals surface area (Å²) in [4.78, 5) is 27.7. The van der Waals surface area contributed by atoms with E-state index in [1.165, 1.54) is 0 Å². The number of anilines is 1. The summed E-state index contributed by atoms with van der Waals surface area (Å²) in [5.41, 5.74) is 6.54. The molecular formula is C15H18BrN3O3. The molecule has 1 saturated heterocycles. The minimum atomic E-state index is -0.124. The summed E-state index contributed by atoms with van der Waals surface area (Å²) in [7, 11) is 0. The zero-order chi connectivity index (χ0) is 15.7. The highest BCUT2D eigenvalue weighted by Gasteiger charge is 2.28. The molecule has 1 aromatic rings. The van der Waals surface area contributed by atoms with Gasteiger partial charge in [0.2, 0.25) is 5.91 Å². The Bertz CT molecular complexity index is 608. The van der Waals surface area contributed by atoms with Crippen molar-refractivity contribution in [3.05, 3.63) is 22.7 Å². The largest absolute Gasteiger partial charge is 0.482 e. The van der Waals surface area contributed by atoms with Crippen LogP contribution in [0.1, 0.15) is 12.8 Å². The van der Waals surface area contributed by atoms with E-state index in [1.807, 2.05) is 18.2 Å². The van der Waals surface area contributed by atoms with E-state index >= 15 is 0 Å². The fraction of sp³-hybridized carbons (Fsp3) is 0.467. The van der Waals surface area contributed by atoms with Gasteiger partial charge in [-0.05, 0) is 24.6 Å². The molecule has 22 heavy (non-hydrogen) atoms. The first-order chi connectivity index (χ1) is 10.5. The molecule has 118 valence electrons. The van der Waals surface area contributed by atoms with Gasteiger partial charge in [-0.3, -0.25) is 9.59 Å². The molecule has 3 rings (SSSR count). The Labute approximate surface area is 137 Å². The number of nitrogens with two attached hydrogens (primary N) is 1. The standard InChI is InChI=1S/C15H18BrN3O3/c16-10-1-2-12-13(7-10)22-9-15(21)19(12)6-4-14(20)18-5-3-11(17)8-18/h1-2,7,11H,3-6,8-9,17H2/t11-/m0/s1. The monoisotopic (exact) mass is 367 g/mol.